The van der Waals surface area contributed by atoms with Crippen molar-refractivity contribution in [2.45, 2.75) is 322 Å². The van der Waals surface area contributed by atoms with E-state index in [4.69, 9.17) is 14.2 Å². The van der Waals surface area contributed by atoms with Gasteiger partial charge in [0.25, 0.3) is 0 Å². The number of allylic oxidation sites excluding steroid dienone is 8. The third-order valence-corrected chi connectivity index (χ3v) is 13.3. The van der Waals surface area contributed by atoms with Gasteiger partial charge in [-0.15, -0.1) is 0 Å². The topological polar surface area (TPSA) is 78.9 Å². The number of carbonyl (C=O) groups is 3. The predicted molar refractivity (Wildman–Crippen MR) is 298 cm³/mol. The molecule has 69 heavy (non-hydrogen) atoms. The molecule has 0 spiro atoms. The Labute approximate surface area is 428 Å². The van der Waals surface area contributed by atoms with Gasteiger partial charge in [-0.1, -0.05) is 268 Å². The fourth-order valence-corrected chi connectivity index (χ4v) is 8.75. The molecular formula is C63H114O6. The van der Waals surface area contributed by atoms with E-state index in [0.29, 0.717) is 19.3 Å². The summed E-state index contributed by atoms with van der Waals surface area (Å²) in [7, 11) is 0. The standard InChI is InChI=1S/C63H114O6/c1-4-7-10-13-16-19-22-24-26-27-28-29-30-31-32-33-34-35-36-37-38-40-41-44-47-50-53-56-62(65)68-59-60(58-67-61(64)55-52-49-46-43-21-18-15-12-9-6-3)69-63(66)57-54-51-48-45-42-39-25-23-20-17-14-11-8-5-2/h12,15,22,24,27-28,30-31,60H,4-11,13-14,16-21,23,25-26,29,32-59H2,1-3H3/b15-12-,24-22-,28-27-,31-30-. The van der Waals surface area contributed by atoms with Gasteiger partial charge in [0.2, 0.25) is 0 Å². The summed E-state index contributed by atoms with van der Waals surface area (Å²) < 4.78 is 16.8. The lowest BCUT2D eigenvalue weighted by atomic mass is 10.0. The van der Waals surface area contributed by atoms with Crippen molar-refractivity contribution in [2.75, 3.05) is 13.2 Å². The average Bonchev–Trinajstić information content (AvgIpc) is 3.35. The van der Waals surface area contributed by atoms with Crippen molar-refractivity contribution >= 4 is 17.9 Å². The molecule has 6 heteroatoms. The van der Waals surface area contributed by atoms with Crippen molar-refractivity contribution < 1.29 is 28.6 Å². The van der Waals surface area contributed by atoms with Crippen LogP contribution < -0.4 is 0 Å². The molecule has 0 heterocycles. The first kappa shape index (κ1) is 66.4. The molecule has 1 unspecified atom stereocenters. The Balaban J connectivity index is 4.17. The van der Waals surface area contributed by atoms with E-state index < -0.39 is 6.10 Å². The van der Waals surface area contributed by atoms with Crippen LogP contribution in [-0.4, -0.2) is 37.2 Å². The minimum atomic E-state index is -0.773. The van der Waals surface area contributed by atoms with Crippen LogP contribution in [0, 0.1) is 0 Å². The van der Waals surface area contributed by atoms with Crippen LogP contribution in [0.4, 0.5) is 0 Å². The van der Waals surface area contributed by atoms with Crippen LogP contribution in [0.1, 0.15) is 316 Å². The van der Waals surface area contributed by atoms with E-state index in [1.807, 2.05) is 0 Å². The van der Waals surface area contributed by atoms with Crippen molar-refractivity contribution in [3.05, 3.63) is 48.6 Å². The van der Waals surface area contributed by atoms with Gasteiger partial charge in [-0.25, -0.2) is 0 Å². The van der Waals surface area contributed by atoms with Gasteiger partial charge in [0.15, 0.2) is 6.10 Å². The summed E-state index contributed by atoms with van der Waals surface area (Å²) in [6.07, 6.45) is 71.2. The van der Waals surface area contributed by atoms with Gasteiger partial charge in [-0.2, -0.15) is 0 Å². The SMILES string of the molecule is CCC/C=C\CCCCCCCC(=O)OCC(COC(=O)CCCCCCCCCCCCCC/C=C\C/C=C\C/C=C\CCCCCCC)OC(=O)CCCCCCCCCCCCCCCC. The highest BCUT2D eigenvalue weighted by atomic mass is 16.6. The molecule has 1 atom stereocenters. The Morgan fingerprint density at radius 1 is 0.290 bits per heavy atom. The normalized spacial score (nSPS) is 12.3. The highest BCUT2D eigenvalue weighted by Gasteiger charge is 2.19. The van der Waals surface area contributed by atoms with E-state index in [1.54, 1.807) is 0 Å². The maximum Gasteiger partial charge on any atom is 0.306 e. The van der Waals surface area contributed by atoms with Gasteiger partial charge in [-0.3, -0.25) is 14.4 Å². The molecule has 0 saturated carbocycles. The molecular weight excluding hydrogens is 853 g/mol. The Morgan fingerprint density at radius 3 is 0.884 bits per heavy atom. The van der Waals surface area contributed by atoms with Crippen molar-refractivity contribution in [3.63, 3.8) is 0 Å². The minimum Gasteiger partial charge on any atom is -0.462 e. The summed E-state index contributed by atoms with van der Waals surface area (Å²) in [4.78, 5) is 38.1. The van der Waals surface area contributed by atoms with Gasteiger partial charge < -0.3 is 14.2 Å². The zero-order valence-corrected chi connectivity index (χ0v) is 46.1. The predicted octanol–water partition coefficient (Wildman–Crippen LogP) is 20.2. The third kappa shape index (κ3) is 56.2. The van der Waals surface area contributed by atoms with Crippen LogP contribution in [0.3, 0.4) is 0 Å². The molecule has 0 rings (SSSR count). The quantitative estimate of drug-likeness (QED) is 0.0262. The highest BCUT2D eigenvalue weighted by molar-refractivity contribution is 5.71. The van der Waals surface area contributed by atoms with E-state index in [9.17, 15) is 14.4 Å². The van der Waals surface area contributed by atoms with Gasteiger partial charge in [0.1, 0.15) is 13.2 Å². The fourth-order valence-electron chi connectivity index (χ4n) is 8.75. The van der Waals surface area contributed by atoms with E-state index >= 15 is 0 Å². The van der Waals surface area contributed by atoms with Crippen LogP contribution >= 0.6 is 0 Å². The molecule has 6 nitrogen and oxygen atoms in total. The Bertz CT molecular complexity index is 1200. The van der Waals surface area contributed by atoms with Gasteiger partial charge in [0.05, 0.1) is 0 Å². The summed E-state index contributed by atoms with van der Waals surface area (Å²) >= 11 is 0. The largest absolute Gasteiger partial charge is 0.462 e. The number of esters is 3. The lowest BCUT2D eigenvalue weighted by Gasteiger charge is -2.18. The molecule has 0 aromatic carbocycles. The second-order valence-electron chi connectivity index (χ2n) is 20.3. The fraction of sp³-hybridized carbons (Fsp3) is 0.825. The third-order valence-electron chi connectivity index (χ3n) is 13.3. The first-order chi connectivity index (χ1) is 34.0. The maximum atomic E-state index is 12.8. The van der Waals surface area contributed by atoms with Crippen LogP contribution in [0.5, 0.6) is 0 Å². The molecule has 0 amide bonds. The Kier molecular flexibility index (Phi) is 55.7. The van der Waals surface area contributed by atoms with Crippen molar-refractivity contribution in [1.29, 1.82) is 0 Å². The average molecular weight is 968 g/mol. The molecule has 402 valence electrons. The summed E-state index contributed by atoms with van der Waals surface area (Å²) in [5, 5.41) is 0. The molecule has 0 aromatic heterocycles. The lowest BCUT2D eigenvalue weighted by molar-refractivity contribution is -0.167. The number of unbranched alkanes of at least 4 members (excludes halogenated alkanes) is 36. The molecule has 0 saturated heterocycles. The van der Waals surface area contributed by atoms with Crippen LogP contribution in [-0.2, 0) is 28.6 Å². The summed E-state index contributed by atoms with van der Waals surface area (Å²) in [6, 6.07) is 0. The minimum absolute atomic E-state index is 0.0734. The van der Waals surface area contributed by atoms with Crippen molar-refractivity contribution in [3.8, 4) is 0 Å². The lowest BCUT2D eigenvalue weighted by Crippen LogP contribution is -2.30. The Morgan fingerprint density at radius 2 is 0.551 bits per heavy atom. The first-order valence-corrected chi connectivity index (χ1v) is 30.1. The smallest absolute Gasteiger partial charge is 0.306 e. The number of carbonyl (C=O) groups excluding carboxylic acids is 3. The first-order valence-electron chi connectivity index (χ1n) is 30.1. The zero-order valence-electron chi connectivity index (χ0n) is 46.1. The molecule has 0 bridgehead atoms. The molecule has 0 aliphatic rings. The zero-order chi connectivity index (χ0) is 50.0. The monoisotopic (exact) mass is 967 g/mol. The maximum absolute atomic E-state index is 12.8. The number of hydrogen-bond acceptors (Lipinski definition) is 6. The summed E-state index contributed by atoms with van der Waals surface area (Å²) in [5.74, 6) is -0.871. The van der Waals surface area contributed by atoms with Crippen LogP contribution in [0.25, 0.3) is 0 Å². The summed E-state index contributed by atoms with van der Waals surface area (Å²) in [5.41, 5.74) is 0. The van der Waals surface area contributed by atoms with Gasteiger partial charge >= 0.3 is 17.9 Å². The van der Waals surface area contributed by atoms with E-state index in [2.05, 4.69) is 69.4 Å². The molecule has 0 aliphatic carbocycles. The highest BCUT2D eigenvalue weighted by Crippen LogP contribution is 2.17. The van der Waals surface area contributed by atoms with Crippen LogP contribution in [0.2, 0.25) is 0 Å². The molecule has 0 aromatic rings. The second-order valence-corrected chi connectivity index (χ2v) is 20.3. The number of rotatable bonds is 55. The number of ether oxygens (including phenoxy) is 3. The van der Waals surface area contributed by atoms with Gasteiger partial charge in [0, 0.05) is 19.3 Å². The van der Waals surface area contributed by atoms with E-state index in [-0.39, 0.29) is 31.1 Å². The van der Waals surface area contributed by atoms with E-state index in [1.165, 1.54) is 193 Å². The second kappa shape index (κ2) is 57.9. The van der Waals surface area contributed by atoms with Crippen LogP contribution in [0.15, 0.2) is 48.6 Å². The van der Waals surface area contributed by atoms with Gasteiger partial charge in [-0.05, 0) is 77.0 Å². The van der Waals surface area contributed by atoms with Crippen molar-refractivity contribution in [2.24, 2.45) is 0 Å². The van der Waals surface area contributed by atoms with E-state index in [0.717, 1.165) is 83.5 Å². The number of hydrogen-bond donors (Lipinski definition) is 0. The van der Waals surface area contributed by atoms with Crippen molar-refractivity contribution in [1.82, 2.24) is 0 Å². The molecule has 0 radical (unpaired) electrons. The molecule has 0 fully saturated rings. The summed E-state index contributed by atoms with van der Waals surface area (Å²) in [6.45, 7) is 6.59. The molecule has 0 aliphatic heterocycles. The molecule has 0 N–H and O–H groups in total. The Hall–Kier alpha value is -2.63.